The molecule has 0 bridgehead atoms. The molecule has 18 heavy (non-hydrogen) atoms. The summed E-state index contributed by atoms with van der Waals surface area (Å²) in [5.74, 6) is 0.464. The molecule has 2 N–H and O–H groups in total. The SMILES string of the molecule is CCNc1cc(C(=O)Nc2nnc(C)s2)ccn1. The van der Waals surface area contributed by atoms with Crippen molar-refractivity contribution in [3.05, 3.63) is 28.9 Å². The van der Waals surface area contributed by atoms with Gasteiger partial charge in [0.25, 0.3) is 5.91 Å². The Morgan fingerprint density at radius 1 is 1.44 bits per heavy atom. The number of aryl methyl sites for hydroxylation is 1. The van der Waals surface area contributed by atoms with Gasteiger partial charge in [-0.05, 0) is 26.0 Å². The average molecular weight is 263 g/mol. The number of rotatable bonds is 4. The number of amides is 1. The standard InChI is InChI=1S/C11H13N5OS/c1-3-12-9-6-8(4-5-13-9)10(17)14-11-16-15-7(2)18-11/h4-6H,3H2,1-2H3,(H,12,13)(H,14,16,17). The van der Waals surface area contributed by atoms with Crippen molar-refractivity contribution in [2.24, 2.45) is 0 Å². The Kier molecular flexibility index (Phi) is 3.83. The molecule has 1 amide bonds. The fourth-order valence-electron chi connectivity index (χ4n) is 1.37. The molecule has 0 fully saturated rings. The summed E-state index contributed by atoms with van der Waals surface area (Å²) in [7, 11) is 0. The molecule has 2 aromatic rings. The lowest BCUT2D eigenvalue weighted by molar-refractivity contribution is 0.102. The van der Waals surface area contributed by atoms with Gasteiger partial charge in [-0.25, -0.2) is 4.98 Å². The quantitative estimate of drug-likeness (QED) is 0.881. The molecule has 0 aliphatic rings. The van der Waals surface area contributed by atoms with Gasteiger partial charge in [-0.2, -0.15) is 0 Å². The molecule has 0 atom stereocenters. The van der Waals surface area contributed by atoms with Gasteiger partial charge >= 0.3 is 0 Å². The van der Waals surface area contributed by atoms with E-state index in [1.807, 2.05) is 13.8 Å². The van der Waals surface area contributed by atoms with E-state index >= 15 is 0 Å². The van der Waals surface area contributed by atoms with E-state index < -0.39 is 0 Å². The van der Waals surface area contributed by atoms with E-state index in [0.29, 0.717) is 16.5 Å². The zero-order valence-electron chi connectivity index (χ0n) is 10.1. The van der Waals surface area contributed by atoms with Gasteiger partial charge in [0.1, 0.15) is 10.8 Å². The van der Waals surface area contributed by atoms with Gasteiger partial charge in [-0.3, -0.25) is 10.1 Å². The predicted molar refractivity (Wildman–Crippen MR) is 71.0 cm³/mol. The fraction of sp³-hybridized carbons (Fsp3) is 0.273. The third kappa shape index (κ3) is 3.01. The van der Waals surface area contributed by atoms with Gasteiger partial charge < -0.3 is 5.32 Å². The Hall–Kier alpha value is -2.02. The highest BCUT2D eigenvalue weighted by molar-refractivity contribution is 7.15. The van der Waals surface area contributed by atoms with Crippen LogP contribution < -0.4 is 10.6 Å². The lowest BCUT2D eigenvalue weighted by atomic mass is 10.2. The number of nitrogens with one attached hydrogen (secondary N) is 2. The van der Waals surface area contributed by atoms with E-state index in [9.17, 15) is 4.79 Å². The van der Waals surface area contributed by atoms with Gasteiger partial charge in [-0.1, -0.05) is 11.3 Å². The largest absolute Gasteiger partial charge is 0.370 e. The van der Waals surface area contributed by atoms with Crippen molar-refractivity contribution < 1.29 is 4.79 Å². The van der Waals surface area contributed by atoms with Crippen molar-refractivity contribution in [1.82, 2.24) is 15.2 Å². The molecule has 2 heterocycles. The molecule has 7 heteroatoms. The molecule has 2 rings (SSSR count). The van der Waals surface area contributed by atoms with Gasteiger partial charge in [-0.15, -0.1) is 10.2 Å². The Bertz CT molecular complexity index is 554. The van der Waals surface area contributed by atoms with Gasteiger partial charge in [0.15, 0.2) is 0 Å². The third-order valence-electron chi connectivity index (χ3n) is 2.13. The Morgan fingerprint density at radius 3 is 2.94 bits per heavy atom. The number of nitrogens with zero attached hydrogens (tertiary/aromatic N) is 3. The smallest absolute Gasteiger partial charge is 0.257 e. The van der Waals surface area contributed by atoms with Crippen molar-refractivity contribution in [3.63, 3.8) is 0 Å². The van der Waals surface area contributed by atoms with Crippen LogP contribution in [0.15, 0.2) is 18.3 Å². The third-order valence-corrected chi connectivity index (χ3v) is 2.88. The maximum Gasteiger partial charge on any atom is 0.257 e. The summed E-state index contributed by atoms with van der Waals surface area (Å²) in [6.45, 7) is 4.56. The highest BCUT2D eigenvalue weighted by Gasteiger charge is 2.09. The fourth-order valence-corrected chi connectivity index (χ4v) is 1.95. The van der Waals surface area contributed by atoms with Gasteiger partial charge in [0.05, 0.1) is 0 Å². The Labute approximate surface area is 108 Å². The second-order valence-electron chi connectivity index (χ2n) is 3.54. The summed E-state index contributed by atoms with van der Waals surface area (Å²) in [5.41, 5.74) is 0.536. The van der Waals surface area contributed by atoms with Crippen molar-refractivity contribution in [1.29, 1.82) is 0 Å². The van der Waals surface area contributed by atoms with Crippen LogP contribution in [0.1, 0.15) is 22.3 Å². The van der Waals surface area contributed by atoms with E-state index in [1.54, 1.807) is 18.3 Å². The van der Waals surface area contributed by atoms with E-state index in [0.717, 1.165) is 11.6 Å². The molecule has 0 aromatic carbocycles. The summed E-state index contributed by atoms with van der Waals surface area (Å²) in [6.07, 6.45) is 1.60. The van der Waals surface area contributed by atoms with Crippen LogP contribution in [0.25, 0.3) is 0 Å². The number of hydrogen-bond acceptors (Lipinski definition) is 6. The Morgan fingerprint density at radius 2 is 2.28 bits per heavy atom. The first kappa shape index (κ1) is 12.4. The molecular formula is C11H13N5OS. The summed E-state index contributed by atoms with van der Waals surface area (Å²) in [4.78, 5) is 16.1. The number of pyridine rings is 1. The van der Waals surface area contributed by atoms with Gasteiger partial charge in [0, 0.05) is 18.3 Å². The first-order valence-corrected chi connectivity index (χ1v) is 6.32. The maximum absolute atomic E-state index is 12.0. The van der Waals surface area contributed by atoms with Crippen LogP contribution in [-0.4, -0.2) is 27.6 Å². The second kappa shape index (κ2) is 5.54. The molecule has 0 spiro atoms. The number of aromatic nitrogens is 3. The first-order chi connectivity index (χ1) is 8.69. The van der Waals surface area contributed by atoms with E-state index in [4.69, 9.17) is 0 Å². The summed E-state index contributed by atoms with van der Waals surface area (Å²) in [6, 6.07) is 3.36. The first-order valence-electron chi connectivity index (χ1n) is 5.50. The average Bonchev–Trinajstić information content (AvgIpc) is 2.75. The number of carbonyl (C=O) groups excluding carboxylic acids is 1. The number of anilines is 2. The van der Waals surface area contributed by atoms with E-state index in [-0.39, 0.29) is 5.91 Å². The summed E-state index contributed by atoms with van der Waals surface area (Å²) < 4.78 is 0. The molecule has 0 aliphatic carbocycles. The topological polar surface area (TPSA) is 79.8 Å². The minimum Gasteiger partial charge on any atom is -0.370 e. The summed E-state index contributed by atoms with van der Waals surface area (Å²) >= 11 is 1.34. The molecule has 0 radical (unpaired) electrons. The molecule has 0 saturated carbocycles. The normalized spacial score (nSPS) is 10.1. The minimum atomic E-state index is -0.215. The van der Waals surface area contributed by atoms with Crippen LogP contribution >= 0.6 is 11.3 Å². The van der Waals surface area contributed by atoms with Crippen LogP contribution in [0.4, 0.5) is 10.9 Å². The highest BCUT2D eigenvalue weighted by Crippen LogP contribution is 2.15. The molecule has 2 aromatic heterocycles. The van der Waals surface area contributed by atoms with Crippen LogP contribution in [0.5, 0.6) is 0 Å². The van der Waals surface area contributed by atoms with E-state index in [1.165, 1.54) is 11.3 Å². The lowest BCUT2D eigenvalue weighted by Crippen LogP contribution is -2.12. The zero-order valence-corrected chi connectivity index (χ0v) is 10.9. The molecule has 0 unspecified atom stereocenters. The monoisotopic (exact) mass is 263 g/mol. The van der Waals surface area contributed by atoms with E-state index in [2.05, 4.69) is 25.8 Å². The molecule has 6 nitrogen and oxygen atoms in total. The lowest BCUT2D eigenvalue weighted by Gasteiger charge is -2.04. The van der Waals surface area contributed by atoms with Crippen molar-refractivity contribution in [2.45, 2.75) is 13.8 Å². The van der Waals surface area contributed by atoms with Crippen LogP contribution in [-0.2, 0) is 0 Å². The van der Waals surface area contributed by atoms with Gasteiger partial charge in [0.2, 0.25) is 5.13 Å². The van der Waals surface area contributed by atoms with Crippen LogP contribution in [0, 0.1) is 6.92 Å². The summed E-state index contributed by atoms with van der Waals surface area (Å²) in [5, 5.41) is 14.8. The molecular weight excluding hydrogens is 250 g/mol. The molecule has 94 valence electrons. The van der Waals surface area contributed by atoms with Crippen molar-refractivity contribution in [3.8, 4) is 0 Å². The Balaban J connectivity index is 2.11. The number of hydrogen-bond donors (Lipinski definition) is 2. The number of carbonyl (C=O) groups is 1. The molecule has 0 saturated heterocycles. The second-order valence-corrected chi connectivity index (χ2v) is 4.72. The predicted octanol–water partition coefficient (Wildman–Crippen LogP) is 1.93. The van der Waals surface area contributed by atoms with Crippen LogP contribution in [0.3, 0.4) is 0 Å². The zero-order chi connectivity index (χ0) is 13.0. The molecule has 0 aliphatic heterocycles. The van der Waals surface area contributed by atoms with Crippen molar-refractivity contribution >= 4 is 28.2 Å². The minimum absolute atomic E-state index is 0.215. The van der Waals surface area contributed by atoms with Crippen molar-refractivity contribution in [2.75, 3.05) is 17.2 Å². The highest BCUT2D eigenvalue weighted by atomic mass is 32.1. The van der Waals surface area contributed by atoms with Crippen LogP contribution in [0.2, 0.25) is 0 Å². The maximum atomic E-state index is 12.0.